The summed E-state index contributed by atoms with van der Waals surface area (Å²) in [4.78, 5) is 0. The van der Waals surface area contributed by atoms with Crippen molar-refractivity contribution in [2.45, 2.75) is 51.4 Å². The van der Waals surface area contributed by atoms with Crippen molar-refractivity contribution in [1.29, 1.82) is 0 Å². The van der Waals surface area contributed by atoms with E-state index in [-0.39, 0.29) is 0 Å². The van der Waals surface area contributed by atoms with Crippen LogP contribution in [0.3, 0.4) is 0 Å². The van der Waals surface area contributed by atoms with Gasteiger partial charge in [-0.25, -0.2) is 0 Å². The maximum absolute atomic E-state index is 6.16. The molecule has 0 saturated heterocycles. The van der Waals surface area contributed by atoms with Gasteiger partial charge in [0.2, 0.25) is 0 Å². The molecule has 2 aliphatic carbocycles. The first kappa shape index (κ1) is 22.4. The molecule has 1 aromatic carbocycles. The van der Waals surface area contributed by atoms with Gasteiger partial charge in [-0.1, -0.05) is 12.2 Å². The normalized spacial score (nSPS) is 21.9. The first-order chi connectivity index (χ1) is 15.4. The van der Waals surface area contributed by atoms with E-state index in [1.807, 2.05) is 0 Å². The smallest absolute Gasteiger partial charge is 0.161 e. The lowest BCUT2D eigenvalue weighted by atomic mass is 9.85. The zero-order chi connectivity index (χ0) is 21.1. The van der Waals surface area contributed by atoms with E-state index in [0.717, 1.165) is 37.2 Å². The second kappa shape index (κ2) is 12.3. The molecule has 0 aromatic heterocycles. The Morgan fingerprint density at radius 2 is 0.903 bits per heavy atom. The third kappa shape index (κ3) is 6.58. The summed E-state index contributed by atoms with van der Waals surface area (Å²) in [5.74, 6) is 1.60. The number of ether oxygens (including phenoxy) is 5. The molecule has 0 saturated carbocycles. The largest absolute Gasteiger partial charge is 0.487 e. The van der Waals surface area contributed by atoms with E-state index in [2.05, 4.69) is 24.3 Å². The maximum atomic E-state index is 6.16. The summed E-state index contributed by atoms with van der Waals surface area (Å²) in [6.45, 7) is 4.34. The molecule has 0 atom stereocenters. The van der Waals surface area contributed by atoms with Crippen LogP contribution in [0.15, 0.2) is 24.3 Å². The first-order valence-corrected chi connectivity index (χ1v) is 12.0. The molecular weight excluding hydrogens is 392 g/mol. The molecule has 0 radical (unpaired) electrons. The Morgan fingerprint density at radius 1 is 0.484 bits per heavy atom. The van der Waals surface area contributed by atoms with E-state index in [1.165, 1.54) is 48.0 Å². The van der Waals surface area contributed by atoms with Crippen molar-refractivity contribution in [1.82, 2.24) is 0 Å². The van der Waals surface area contributed by atoms with Gasteiger partial charge in [0, 0.05) is 0 Å². The fourth-order valence-corrected chi connectivity index (χ4v) is 4.45. The van der Waals surface area contributed by atoms with Crippen LogP contribution in [0.1, 0.15) is 62.5 Å². The van der Waals surface area contributed by atoms with Crippen molar-refractivity contribution in [3.8, 4) is 11.5 Å². The Balaban J connectivity index is 1.63. The number of hydrogen-bond acceptors (Lipinski definition) is 5. The van der Waals surface area contributed by atoms with Crippen LogP contribution in [0.4, 0.5) is 0 Å². The highest BCUT2D eigenvalue weighted by atomic mass is 16.6. The average Bonchev–Trinajstić information content (AvgIpc) is 2.84. The molecule has 0 N–H and O–H groups in total. The molecule has 0 amide bonds. The van der Waals surface area contributed by atoms with E-state index >= 15 is 0 Å². The third-order valence-corrected chi connectivity index (χ3v) is 6.07. The second-order valence-corrected chi connectivity index (χ2v) is 8.33. The quantitative estimate of drug-likeness (QED) is 0.629. The van der Waals surface area contributed by atoms with Crippen molar-refractivity contribution in [2.75, 3.05) is 52.9 Å². The van der Waals surface area contributed by atoms with Gasteiger partial charge in [-0.15, -0.1) is 0 Å². The Hall–Kier alpha value is -1.82. The van der Waals surface area contributed by atoms with E-state index in [4.69, 9.17) is 23.7 Å². The molecular formula is C26H36O5. The Morgan fingerprint density at radius 3 is 1.29 bits per heavy atom. The van der Waals surface area contributed by atoms with Crippen molar-refractivity contribution in [3.63, 3.8) is 0 Å². The summed E-state index contributed by atoms with van der Waals surface area (Å²) in [6.07, 6.45) is 14.5. The predicted molar refractivity (Wildman–Crippen MR) is 123 cm³/mol. The topological polar surface area (TPSA) is 46.2 Å². The minimum absolute atomic E-state index is 0.493. The van der Waals surface area contributed by atoms with Gasteiger partial charge in [0.05, 0.1) is 39.6 Å². The van der Waals surface area contributed by atoms with Crippen molar-refractivity contribution in [3.05, 3.63) is 35.4 Å². The summed E-state index contributed by atoms with van der Waals surface area (Å²) < 4.78 is 29.1. The lowest BCUT2D eigenvalue weighted by Crippen LogP contribution is -2.13. The Labute approximate surface area is 186 Å². The highest BCUT2D eigenvalue weighted by Gasteiger charge is 2.20. The minimum atomic E-state index is 0.493. The second-order valence-electron chi connectivity index (χ2n) is 8.33. The minimum Gasteiger partial charge on any atom is -0.487 e. The molecule has 170 valence electrons. The van der Waals surface area contributed by atoms with Crippen LogP contribution in [0.2, 0.25) is 0 Å². The first-order valence-electron chi connectivity index (χ1n) is 12.0. The van der Waals surface area contributed by atoms with Crippen LogP contribution in [0, 0.1) is 0 Å². The Kier molecular flexibility index (Phi) is 8.86. The van der Waals surface area contributed by atoms with Crippen LogP contribution in [0.5, 0.6) is 11.5 Å². The molecule has 1 aliphatic heterocycles. The third-order valence-electron chi connectivity index (χ3n) is 6.07. The van der Waals surface area contributed by atoms with Crippen LogP contribution in [-0.4, -0.2) is 52.9 Å². The highest BCUT2D eigenvalue weighted by molar-refractivity contribution is 5.82. The lowest BCUT2D eigenvalue weighted by molar-refractivity contribution is 0.00708. The SMILES string of the molecule is C1=C(c2cc3c(cc2C2=CCCCC2)OCCOCCOCCOCCO3)CCCC1. The van der Waals surface area contributed by atoms with Gasteiger partial charge in [-0.3, -0.25) is 0 Å². The predicted octanol–water partition coefficient (Wildman–Crippen LogP) is 5.42. The molecule has 5 heteroatoms. The molecule has 1 aromatic rings. The summed E-state index contributed by atoms with van der Waals surface area (Å²) in [6, 6.07) is 4.42. The summed E-state index contributed by atoms with van der Waals surface area (Å²) >= 11 is 0. The average molecular weight is 429 g/mol. The molecule has 4 rings (SSSR count). The number of benzene rings is 1. The molecule has 0 unspecified atom stereocenters. The monoisotopic (exact) mass is 428 g/mol. The molecule has 0 spiro atoms. The molecule has 0 fully saturated rings. The van der Waals surface area contributed by atoms with Crippen LogP contribution >= 0.6 is 0 Å². The molecule has 31 heavy (non-hydrogen) atoms. The van der Waals surface area contributed by atoms with Crippen molar-refractivity contribution >= 4 is 11.1 Å². The summed E-state index contributed by atoms with van der Waals surface area (Å²) in [5.41, 5.74) is 5.54. The number of allylic oxidation sites excluding steroid dienone is 4. The van der Waals surface area contributed by atoms with Gasteiger partial charge < -0.3 is 23.7 Å². The Bertz CT molecular complexity index is 704. The van der Waals surface area contributed by atoms with E-state index in [0.29, 0.717) is 52.9 Å². The van der Waals surface area contributed by atoms with Gasteiger partial charge in [-0.2, -0.15) is 0 Å². The fourth-order valence-electron chi connectivity index (χ4n) is 4.45. The van der Waals surface area contributed by atoms with Gasteiger partial charge in [0.25, 0.3) is 0 Å². The van der Waals surface area contributed by atoms with Crippen LogP contribution < -0.4 is 9.47 Å². The zero-order valence-corrected chi connectivity index (χ0v) is 18.7. The van der Waals surface area contributed by atoms with Crippen molar-refractivity contribution in [2.24, 2.45) is 0 Å². The highest BCUT2D eigenvalue weighted by Crippen LogP contribution is 2.41. The molecule has 1 heterocycles. The molecule has 3 aliphatic rings. The van der Waals surface area contributed by atoms with E-state index in [1.54, 1.807) is 0 Å². The number of rotatable bonds is 2. The summed E-state index contributed by atoms with van der Waals surface area (Å²) in [7, 11) is 0. The van der Waals surface area contributed by atoms with Gasteiger partial charge in [0.15, 0.2) is 11.5 Å². The van der Waals surface area contributed by atoms with Crippen molar-refractivity contribution < 1.29 is 23.7 Å². The van der Waals surface area contributed by atoms with E-state index < -0.39 is 0 Å². The lowest BCUT2D eigenvalue weighted by Gasteiger charge is -2.23. The standard InChI is InChI=1S/C26H36O5/c1-3-7-21(8-4-1)23-19-25-26(20-24(23)22-9-5-2-6-10-22)31-18-16-29-14-12-27-11-13-28-15-17-30-25/h7,9,19-20H,1-6,8,10-18H2. The number of hydrogen-bond donors (Lipinski definition) is 0. The van der Waals surface area contributed by atoms with Gasteiger partial charge in [0.1, 0.15) is 13.2 Å². The fraction of sp³-hybridized carbons (Fsp3) is 0.615. The number of fused-ring (bicyclic) bond motifs is 1. The molecule has 5 nitrogen and oxygen atoms in total. The van der Waals surface area contributed by atoms with E-state index in [9.17, 15) is 0 Å². The summed E-state index contributed by atoms with van der Waals surface area (Å²) in [5, 5.41) is 0. The van der Waals surface area contributed by atoms with Gasteiger partial charge >= 0.3 is 0 Å². The molecule has 0 bridgehead atoms. The van der Waals surface area contributed by atoms with Crippen LogP contribution in [0.25, 0.3) is 11.1 Å². The van der Waals surface area contributed by atoms with Gasteiger partial charge in [-0.05, 0) is 85.8 Å². The maximum Gasteiger partial charge on any atom is 0.161 e. The van der Waals surface area contributed by atoms with Crippen LogP contribution in [-0.2, 0) is 14.2 Å². The zero-order valence-electron chi connectivity index (χ0n) is 18.7.